The molecular formula is C67H43N. The molecule has 0 bridgehead atoms. The van der Waals surface area contributed by atoms with Crippen LogP contribution < -0.4 is 4.90 Å². The van der Waals surface area contributed by atoms with Crippen molar-refractivity contribution in [2.24, 2.45) is 0 Å². The second kappa shape index (κ2) is 15.1. The Hall–Kier alpha value is -8.78. The maximum Gasteiger partial charge on any atom is 0.0726 e. The van der Waals surface area contributed by atoms with Gasteiger partial charge in [0.2, 0.25) is 0 Å². The van der Waals surface area contributed by atoms with Gasteiger partial charge in [0.05, 0.1) is 16.8 Å². The van der Waals surface area contributed by atoms with Crippen molar-refractivity contribution in [2.75, 3.05) is 4.90 Å². The lowest BCUT2D eigenvalue weighted by Crippen LogP contribution is -2.26. The number of hydrogen-bond acceptors (Lipinski definition) is 1. The molecule has 1 spiro atoms. The van der Waals surface area contributed by atoms with Crippen molar-refractivity contribution < 1.29 is 0 Å². The van der Waals surface area contributed by atoms with Crippen molar-refractivity contribution >= 4 is 49.4 Å². The molecule has 0 N–H and O–H groups in total. The molecule has 0 unspecified atom stereocenters. The van der Waals surface area contributed by atoms with E-state index in [2.05, 4.69) is 266 Å². The molecule has 0 heterocycles. The molecule has 2 aliphatic rings. The number of nitrogens with zero attached hydrogens (tertiary/aromatic N) is 1. The van der Waals surface area contributed by atoms with Crippen LogP contribution in [0.5, 0.6) is 0 Å². The van der Waals surface area contributed by atoms with Gasteiger partial charge >= 0.3 is 0 Å². The molecule has 12 aromatic carbocycles. The fraction of sp³-hybridized carbons (Fsp3) is 0.0149. The van der Waals surface area contributed by atoms with Gasteiger partial charge in [0.25, 0.3) is 0 Å². The SMILES string of the molecule is c1ccc(-c2c(-c3ccccc3N(c3ccc(-c4cc5ccccc5c5ccccc45)cc3)c3cccc4c3-c3ccccc3C43c4ccccc4-c4ccccc43)ccc3ccccc23)cc1. The topological polar surface area (TPSA) is 3.24 Å². The standard InChI is InChI=1S/C67H43N/c1-2-20-46(21-3-1)65-50-24-7-4-19-44(50)39-42-56(65)55-29-13-17-35-63(55)68(48-40-37-45(38-41-48)58-43-47-22-5-6-23-49(47)51-25-8-9-26-52(51)58)64-36-18-34-62-66(64)57-30-12-16-33-61(57)67(62)59-31-14-10-27-53(59)54-28-11-15-32-60(54)67/h1-43H. The highest BCUT2D eigenvalue weighted by Crippen LogP contribution is 2.65. The van der Waals surface area contributed by atoms with Gasteiger partial charge in [-0.1, -0.05) is 231 Å². The van der Waals surface area contributed by atoms with E-state index in [1.54, 1.807) is 0 Å². The molecule has 1 nitrogen and oxygen atoms in total. The molecule has 2 aliphatic carbocycles. The first-order valence-corrected chi connectivity index (χ1v) is 23.7. The number of benzene rings is 12. The Morgan fingerprint density at radius 2 is 0.779 bits per heavy atom. The van der Waals surface area contributed by atoms with E-state index >= 15 is 0 Å². The largest absolute Gasteiger partial charge is 0.309 e. The molecule has 0 saturated heterocycles. The summed E-state index contributed by atoms with van der Waals surface area (Å²) >= 11 is 0. The van der Waals surface area contributed by atoms with Gasteiger partial charge in [-0.2, -0.15) is 0 Å². The molecule has 0 radical (unpaired) electrons. The van der Waals surface area contributed by atoms with E-state index in [4.69, 9.17) is 0 Å². The quantitative estimate of drug-likeness (QED) is 0.151. The van der Waals surface area contributed by atoms with Crippen LogP contribution in [0.1, 0.15) is 22.3 Å². The van der Waals surface area contributed by atoms with Crippen LogP contribution in [0.15, 0.2) is 261 Å². The summed E-state index contributed by atoms with van der Waals surface area (Å²) in [5.41, 5.74) is 20.5. The summed E-state index contributed by atoms with van der Waals surface area (Å²) in [6, 6.07) is 97.0. The number of anilines is 3. The average molecular weight is 862 g/mol. The van der Waals surface area contributed by atoms with Gasteiger partial charge in [-0.25, -0.2) is 0 Å². The van der Waals surface area contributed by atoms with Gasteiger partial charge in [0.15, 0.2) is 0 Å². The van der Waals surface area contributed by atoms with Gasteiger partial charge in [0.1, 0.15) is 0 Å². The normalized spacial score (nSPS) is 12.8. The van der Waals surface area contributed by atoms with Crippen molar-refractivity contribution in [1.82, 2.24) is 0 Å². The summed E-state index contributed by atoms with van der Waals surface area (Å²) in [7, 11) is 0. The summed E-state index contributed by atoms with van der Waals surface area (Å²) in [6.45, 7) is 0. The maximum atomic E-state index is 2.54. The van der Waals surface area contributed by atoms with E-state index < -0.39 is 5.41 Å². The number of hydrogen-bond donors (Lipinski definition) is 0. The Balaban J connectivity index is 1.05. The van der Waals surface area contributed by atoms with Gasteiger partial charge in [-0.15, -0.1) is 0 Å². The summed E-state index contributed by atoms with van der Waals surface area (Å²) in [5, 5.41) is 7.50. The first-order valence-electron chi connectivity index (χ1n) is 23.7. The zero-order valence-corrected chi connectivity index (χ0v) is 37.3. The Bertz CT molecular complexity index is 3930. The van der Waals surface area contributed by atoms with E-state index in [0.29, 0.717) is 0 Å². The third-order valence-corrected chi connectivity index (χ3v) is 14.9. The second-order valence-corrected chi connectivity index (χ2v) is 18.3. The lowest BCUT2D eigenvalue weighted by molar-refractivity contribution is 0.794. The van der Waals surface area contributed by atoms with Crippen molar-refractivity contribution in [3.63, 3.8) is 0 Å². The van der Waals surface area contributed by atoms with Crippen LogP contribution in [0.25, 0.3) is 88.0 Å². The monoisotopic (exact) mass is 861 g/mol. The summed E-state index contributed by atoms with van der Waals surface area (Å²) in [5.74, 6) is 0. The fourth-order valence-electron chi connectivity index (χ4n) is 12.1. The van der Waals surface area contributed by atoms with E-state index in [1.807, 2.05) is 0 Å². The first-order chi connectivity index (χ1) is 33.8. The fourth-order valence-corrected chi connectivity index (χ4v) is 12.1. The maximum absolute atomic E-state index is 2.54. The van der Waals surface area contributed by atoms with Crippen LogP contribution in [0.2, 0.25) is 0 Å². The van der Waals surface area contributed by atoms with Gasteiger partial charge in [-0.3, -0.25) is 0 Å². The molecule has 0 aliphatic heterocycles. The van der Waals surface area contributed by atoms with Crippen LogP contribution in [-0.2, 0) is 5.41 Å². The Morgan fingerprint density at radius 1 is 0.250 bits per heavy atom. The number of fused-ring (bicyclic) bond motifs is 14. The first kappa shape index (κ1) is 38.5. The lowest BCUT2D eigenvalue weighted by Gasteiger charge is -2.32. The lowest BCUT2D eigenvalue weighted by atomic mass is 9.70. The zero-order chi connectivity index (χ0) is 44.8. The molecule has 12 aromatic rings. The van der Waals surface area contributed by atoms with E-state index in [0.717, 1.165) is 22.6 Å². The average Bonchev–Trinajstić information content (AvgIpc) is 3.89. The molecule has 0 fully saturated rings. The summed E-state index contributed by atoms with van der Waals surface area (Å²) in [6.07, 6.45) is 0. The molecule has 0 aromatic heterocycles. The van der Waals surface area contributed by atoms with Crippen LogP contribution in [0, 0.1) is 0 Å². The third kappa shape index (κ3) is 5.51. The van der Waals surface area contributed by atoms with Crippen molar-refractivity contribution in [3.8, 4) is 55.6 Å². The summed E-state index contributed by atoms with van der Waals surface area (Å²) < 4.78 is 0. The predicted octanol–water partition coefficient (Wildman–Crippen LogP) is 18.0. The molecule has 0 saturated carbocycles. The van der Waals surface area contributed by atoms with E-state index in [1.165, 1.54) is 105 Å². The molecule has 0 amide bonds. The summed E-state index contributed by atoms with van der Waals surface area (Å²) in [4.78, 5) is 2.54. The van der Waals surface area contributed by atoms with E-state index in [-0.39, 0.29) is 0 Å². The van der Waals surface area contributed by atoms with Gasteiger partial charge in [0, 0.05) is 16.8 Å². The van der Waals surface area contributed by atoms with Crippen molar-refractivity contribution in [3.05, 3.63) is 283 Å². The van der Waals surface area contributed by atoms with Crippen LogP contribution in [0.4, 0.5) is 17.1 Å². The minimum absolute atomic E-state index is 0.472. The molecular weight excluding hydrogens is 819 g/mol. The highest BCUT2D eigenvalue weighted by molar-refractivity contribution is 6.14. The molecule has 14 rings (SSSR count). The highest BCUT2D eigenvalue weighted by atomic mass is 15.1. The molecule has 0 atom stereocenters. The predicted molar refractivity (Wildman–Crippen MR) is 286 cm³/mol. The smallest absolute Gasteiger partial charge is 0.0726 e. The Morgan fingerprint density at radius 3 is 1.51 bits per heavy atom. The van der Waals surface area contributed by atoms with Gasteiger partial charge < -0.3 is 4.90 Å². The van der Waals surface area contributed by atoms with E-state index in [9.17, 15) is 0 Å². The molecule has 316 valence electrons. The minimum Gasteiger partial charge on any atom is -0.309 e. The Labute approximate surface area is 396 Å². The van der Waals surface area contributed by atoms with Crippen molar-refractivity contribution in [1.29, 1.82) is 0 Å². The van der Waals surface area contributed by atoms with Crippen molar-refractivity contribution in [2.45, 2.75) is 5.41 Å². The van der Waals surface area contributed by atoms with Crippen LogP contribution >= 0.6 is 0 Å². The third-order valence-electron chi connectivity index (χ3n) is 14.9. The van der Waals surface area contributed by atoms with Gasteiger partial charge in [-0.05, 0) is 129 Å². The second-order valence-electron chi connectivity index (χ2n) is 18.3. The highest BCUT2D eigenvalue weighted by Gasteiger charge is 2.52. The number of para-hydroxylation sites is 1. The Kier molecular flexibility index (Phi) is 8.57. The van der Waals surface area contributed by atoms with Crippen LogP contribution in [-0.4, -0.2) is 0 Å². The molecule has 1 heteroatoms. The zero-order valence-electron chi connectivity index (χ0n) is 37.3. The number of rotatable bonds is 6. The van der Waals surface area contributed by atoms with Crippen LogP contribution in [0.3, 0.4) is 0 Å². The molecule has 68 heavy (non-hydrogen) atoms. The minimum atomic E-state index is -0.472.